The van der Waals surface area contributed by atoms with E-state index in [0.29, 0.717) is 23.7 Å². The van der Waals surface area contributed by atoms with Gasteiger partial charge in [0, 0.05) is 49.6 Å². The first-order valence-electron chi connectivity index (χ1n) is 7.80. The molecule has 1 aromatic heterocycles. The highest BCUT2D eigenvalue weighted by atomic mass is 16.2. The fraction of sp³-hybridized carbons (Fsp3) is 0.353. The first-order valence-corrected chi connectivity index (χ1v) is 7.80. The number of hydrogen-bond acceptors (Lipinski definition) is 3. The Balaban J connectivity index is 1.50. The Morgan fingerprint density at radius 1 is 1.26 bits per heavy atom. The average Bonchev–Trinajstić information content (AvgIpc) is 3.26. The van der Waals surface area contributed by atoms with Crippen LogP contribution in [0.2, 0.25) is 0 Å². The number of rotatable bonds is 6. The van der Waals surface area contributed by atoms with Gasteiger partial charge in [-0.05, 0) is 37.1 Å². The van der Waals surface area contributed by atoms with Crippen LogP contribution >= 0.6 is 0 Å². The van der Waals surface area contributed by atoms with Crippen molar-refractivity contribution < 1.29 is 9.59 Å². The molecule has 3 rings (SSSR count). The van der Waals surface area contributed by atoms with Gasteiger partial charge in [-0.1, -0.05) is 0 Å². The first kappa shape index (κ1) is 15.3. The molecular weight excluding hydrogens is 292 g/mol. The summed E-state index contributed by atoms with van der Waals surface area (Å²) in [7, 11) is 0. The fourth-order valence-corrected chi connectivity index (χ4v) is 2.51. The summed E-state index contributed by atoms with van der Waals surface area (Å²) in [6.45, 7) is 2.73. The second-order valence-corrected chi connectivity index (χ2v) is 5.77. The van der Waals surface area contributed by atoms with Gasteiger partial charge in [-0.2, -0.15) is 0 Å². The molecule has 2 aromatic rings. The number of carbonyl (C=O) groups is 2. The van der Waals surface area contributed by atoms with Crippen molar-refractivity contribution in [3.05, 3.63) is 48.0 Å². The third kappa shape index (κ3) is 3.97. The van der Waals surface area contributed by atoms with Crippen molar-refractivity contribution in [1.29, 1.82) is 0 Å². The number of benzene rings is 1. The molecule has 2 N–H and O–H groups in total. The molecule has 0 atom stereocenters. The van der Waals surface area contributed by atoms with Crippen LogP contribution in [0.1, 0.15) is 41.9 Å². The summed E-state index contributed by atoms with van der Waals surface area (Å²) in [6, 6.07) is 6.84. The van der Waals surface area contributed by atoms with Crippen LogP contribution in [-0.2, 0) is 11.3 Å². The van der Waals surface area contributed by atoms with Crippen molar-refractivity contribution in [1.82, 2.24) is 14.9 Å². The third-order valence-corrected chi connectivity index (χ3v) is 3.80. The molecule has 0 bridgehead atoms. The summed E-state index contributed by atoms with van der Waals surface area (Å²) >= 11 is 0. The molecular formula is C17H20N4O2. The summed E-state index contributed by atoms with van der Waals surface area (Å²) < 4.78 is 2.11. The van der Waals surface area contributed by atoms with Gasteiger partial charge in [0.1, 0.15) is 5.82 Å². The lowest BCUT2D eigenvalue weighted by atomic mass is 10.2. The third-order valence-electron chi connectivity index (χ3n) is 3.80. The van der Waals surface area contributed by atoms with Gasteiger partial charge in [0.05, 0.1) is 0 Å². The van der Waals surface area contributed by atoms with E-state index in [4.69, 9.17) is 0 Å². The van der Waals surface area contributed by atoms with Gasteiger partial charge >= 0.3 is 0 Å². The van der Waals surface area contributed by atoms with Crippen LogP contribution in [0.5, 0.6) is 0 Å². The lowest BCUT2D eigenvalue weighted by Crippen LogP contribution is -2.27. The van der Waals surface area contributed by atoms with Crippen molar-refractivity contribution in [2.24, 2.45) is 0 Å². The Morgan fingerprint density at radius 2 is 2.00 bits per heavy atom. The summed E-state index contributed by atoms with van der Waals surface area (Å²) in [6.07, 6.45) is 6.20. The number of nitrogens with zero attached hydrogens (tertiary/aromatic N) is 2. The smallest absolute Gasteiger partial charge is 0.251 e. The minimum Gasteiger partial charge on any atom is -0.350 e. The van der Waals surface area contributed by atoms with E-state index < -0.39 is 0 Å². The quantitative estimate of drug-likeness (QED) is 0.858. The van der Waals surface area contributed by atoms with E-state index in [2.05, 4.69) is 20.2 Å². The summed E-state index contributed by atoms with van der Waals surface area (Å²) in [5.74, 6) is 1.47. The number of nitrogens with one attached hydrogen (secondary N) is 2. The summed E-state index contributed by atoms with van der Waals surface area (Å²) in [4.78, 5) is 27.5. The van der Waals surface area contributed by atoms with Gasteiger partial charge in [0.2, 0.25) is 5.91 Å². The van der Waals surface area contributed by atoms with Crippen molar-refractivity contribution in [2.45, 2.75) is 32.2 Å². The van der Waals surface area contributed by atoms with Crippen LogP contribution in [0.3, 0.4) is 0 Å². The maximum atomic E-state index is 12.1. The molecule has 0 radical (unpaired) electrons. The van der Waals surface area contributed by atoms with Gasteiger partial charge in [-0.25, -0.2) is 4.98 Å². The molecule has 23 heavy (non-hydrogen) atoms. The normalized spacial score (nSPS) is 13.6. The van der Waals surface area contributed by atoms with E-state index in [1.165, 1.54) is 19.8 Å². The highest BCUT2D eigenvalue weighted by Gasteiger charge is 2.27. The Hall–Kier alpha value is -2.63. The van der Waals surface area contributed by atoms with Crippen LogP contribution in [0.25, 0.3) is 0 Å². The molecule has 0 unspecified atom stereocenters. The van der Waals surface area contributed by atoms with Gasteiger partial charge in [0.15, 0.2) is 0 Å². The standard InChI is InChI=1S/C17H20N4O2/c1-12(22)20-15-6-4-14(5-7-15)17(23)19-9-11-21-10-8-18-16(21)13-2-3-13/h4-8,10,13H,2-3,9,11H2,1H3,(H,19,23)(H,20,22). The number of carbonyl (C=O) groups excluding carboxylic acids is 2. The number of amides is 2. The fourth-order valence-electron chi connectivity index (χ4n) is 2.51. The molecule has 120 valence electrons. The molecule has 1 saturated carbocycles. The molecule has 6 heteroatoms. The van der Waals surface area contributed by atoms with Crippen LogP contribution in [-0.4, -0.2) is 27.9 Å². The Kier molecular flexibility index (Phi) is 4.41. The van der Waals surface area contributed by atoms with Crippen LogP contribution in [0.4, 0.5) is 5.69 Å². The number of imidazole rings is 1. The topological polar surface area (TPSA) is 76.0 Å². The van der Waals surface area contributed by atoms with Gasteiger partial charge in [-0.15, -0.1) is 0 Å². The van der Waals surface area contributed by atoms with E-state index in [-0.39, 0.29) is 11.8 Å². The molecule has 0 aliphatic heterocycles. The van der Waals surface area contributed by atoms with Crippen molar-refractivity contribution >= 4 is 17.5 Å². The van der Waals surface area contributed by atoms with E-state index in [0.717, 1.165) is 12.4 Å². The molecule has 1 aromatic carbocycles. The largest absolute Gasteiger partial charge is 0.350 e. The highest BCUT2D eigenvalue weighted by Crippen LogP contribution is 2.38. The van der Waals surface area contributed by atoms with Crippen molar-refractivity contribution in [3.63, 3.8) is 0 Å². The lowest BCUT2D eigenvalue weighted by Gasteiger charge is -2.09. The van der Waals surface area contributed by atoms with Gasteiger partial charge < -0.3 is 15.2 Å². The maximum absolute atomic E-state index is 12.1. The Labute approximate surface area is 134 Å². The highest BCUT2D eigenvalue weighted by molar-refractivity contribution is 5.95. The second-order valence-electron chi connectivity index (χ2n) is 5.77. The number of hydrogen-bond donors (Lipinski definition) is 2. The molecule has 0 saturated heterocycles. The van der Waals surface area contributed by atoms with Crippen molar-refractivity contribution in [3.8, 4) is 0 Å². The predicted octanol–water partition coefficient (Wildman–Crippen LogP) is 2.15. The van der Waals surface area contributed by atoms with E-state index in [1.807, 2.05) is 12.4 Å². The van der Waals surface area contributed by atoms with Crippen LogP contribution in [0, 0.1) is 0 Å². The van der Waals surface area contributed by atoms with Crippen molar-refractivity contribution in [2.75, 3.05) is 11.9 Å². The maximum Gasteiger partial charge on any atom is 0.251 e. The van der Waals surface area contributed by atoms with Crippen LogP contribution in [0.15, 0.2) is 36.7 Å². The molecule has 2 amide bonds. The van der Waals surface area contributed by atoms with Crippen LogP contribution < -0.4 is 10.6 Å². The molecule has 1 fully saturated rings. The average molecular weight is 312 g/mol. The summed E-state index contributed by atoms with van der Waals surface area (Å²) in [5, 5.41) is 5.58. The lowest BCUT2D eigenvalue weighted by molar-refractivity contribution is -0.114. The van der Waals surface area contributed by atoms with E-state index in [9.17, 15) is 9.59 Å². The molecule has 1 aliphatic carbocycles. The molecule has 6 nitrogen and oxygen atoms in total. The zero-order chi connectivity index (χ0) is 16.2. The predicted molar refractivity (Wildman–Crippen MR) is 87.3 cm³/mol. The van der Waals surface area contributed by atoms with E-state index >= 15 is 0 Å². The number of anilines is 1. The summed E-state index contributed by atoms with van der Waals surface area (Å²) in [5.41, 5.74) is 1.26. The zero-order valence-electron chi connectivity index (χ0n) is 13.1. The molecule has 0 spiro atoms. The van der Waals surface area contributed by atoms with E-state index in [1.54, 1.807) is 24.3 Å². The first-order chi connectivity index (χ1) is 11.1. The minimum atomic E-state index is -0.131. The number of aromatic nitrogens is 2. The Bertz CT molecular complexity index is 702. The minimum absolute atomic E-state index is 0.118. The monoisotopic (exact) mass is 312 g/mol. The zero-order valence-corrected chi connectivity index (χ0v) is 13.1. The van der Waals surface area contributed by atoms with Gasteiger partial charge in [0.25, 0.3) is 5.91 Å². The molecule has 1 aliphatic rings. The molecule has 1 heterocycles. The Morgan fingerprint density at radius 3 is 2.65 bits per heavy atom. The van der Waals surface area contributed by atoms with Gasteiger partial charge in [-0.3, -0.25) is 9.59 Å². The SMILES string of the molecule is CC(=O)Nc1ccc(C(=O)NCCn2ccnc2C2CC2)cc1. The second kappa shape index (κ2) is 6.64.